The SMILES string of the molecule is C=C(C)C[C@@]1(Nc2ccc(OC)cc2)CCC=C(C)C1. The fourth-order valence-electron chi connectivity index (χ4n) is 3.15. The molecule has 0 unspecified atom stereocenters. The number of methoxy groups -OCH3 is 1. The van der Waals surface area contributed by atoms with E-state index in [1.54, 1.807) is 7.11 Å². The first-order valence-electron chi connectivity index (χ1n) is 7.25. The van der Waals surface area contributed by atoms with Crippen LogP contribution in [-0.2, 0) is 0 Å². The Hall–Kier alpha value is -1.70. The predicted octanol–water partition coefficient (Wildman–Crippen LogP) is 4.94. The molecule has 0 fully saturated rings. The largest absolute Gasteiger partial charge is 0.497 e. The van der Waals surface area contributed by atoms with Gasteiger partial charge in [-0.25, -0.2) is 0 Å². The van der Waals surface area contributed by atoms with E-state index >= 15 is 0 Å². The highest BCUT2D eigenvalue weighted by molar-refractivity contribution is 5.49. The van der Waals surface area contributed by atoms with Crippen LogP contribution in [0.5, 0.6) is 5.75 Å². The molecule has 1 atom stereocenters. The van der Waals surface area contributed by atoms with E-state index in [0.717, 1.165) is 37.1 Å². The molecule has 0 saturated carbocycles. The minimum absolute atomic E-state index is 0.110. The van der Waals surface area contributed by atoms with Crippen molar-refractivity contribution in [2.24, 2.45) is 0 Å². The van der Waals surface area contributed by atoms with E-state index in [9.17, 15) is 0 Å². The maximum absolute atomic E-state index is 5.21. The Morgan fingerprint density at radius 1 is 1.35 bits per heavy atom. The van der Waals surface area contributed by atoms with E-state index in [1.165, 1.54) is 11.1 Å². The number of rotatable bonds is 5. The average molecular weight is 271 g/mol. The van der Waals surface area contributed by atoms with Gasteiger partial charge < -0.3 is 10.1 Å². The van der Waals surface area contributed by atoms with Crippen LogP contribution in [0.3, 0.4) is 0 Å². The van der Waals surface area contributed by atoms with Crippen LogP contribution in [0, 0.1) is 0 Å². The summed E-state index contributed by atoms with van der Waals surface area (Å²) in [5, 5.41) is 3.75. The summed E-state index contributed by atoms with van der Waals surface area (Å²) in [6.45, 7) is 8.45. The fourth-order valence-corrected chi connectivity index (χ4v) is 3.15. The van der Waals surface area contributed by atoms with Crippen LogP contribution in [0.25, 0.3) is 0 Å². The van der Waals surface area contributed by atoms with Crippen LogP contribution >= 0.6 is 0 Å². The third-order valence-electron chi connectivity index (χ3n) is 3.87. The summed E-state index contributed by atoms with van der Waals surface area (Å²) in [7, 11) is 1.69. The summed E-state index contributed by atoms with van der Waals surface area (Å²) < 4.78 is 5.21. The summed E-state index contributed by atoms with van der Waals surface area (Å²) in [5.41, 5.74) is 3.97. The smallest absolute Gasteiger partial charge is 0.119 e. The minimum Gasteiger partial charge on any atom is -0.497 e. The van der Waals surface area contributed by atoms with Gasteiger partial charge in [-0.1, -0.05) is 17.2 Å². The van der Waals surface area contributed by atoms with Crippen molar-refractivity contribution in [3.63, 3.8) is 0 Å². The zero-order chi connectivity index (χ0) is 14.6. The molecule has 0 saturated heterocycles. The van der Waals surface area contributed by atoms with Gasteiger partial charge >= 0.3 is 0 Å². The van der Waals surface area contributed by atoms with Gasteiger partial charge in [0.1, 0.15) is 5.75 Å². The Morgan fingerprint density at radius 2 is 2.05 bits per heavy atom. The standard InChI is InChI=1S/C18H25NO/c1-14(2)12-18(11-5-6-15(3)13-18)19-16-7-9-17(20-4)10-8-16/h6-10,19H,1,5,11-13H2,2-4H3/t18-/m0/s1. The molecule has 0 heterocycles. The Labute approximate surface area is 122 Å². The van der Waals surface area contributed by atoms with Crippen LogP contribution < -0.4 is 10.1 Å². The quantitative estimate of drug-likeness (QED) is 0.766. The molecule has 2 heteroatoms. The van der Waals surface area contributed by atoms with Gasteiger partial charge in [0.15, 0.2) is 0 Å². The highest BCUT2D eigenvalue weighted by Crippen LogP contribution is 2.36. The second-order valence-electron chi connectivity index (χ2n) is 6.03. The van der Waals surface area contributed by atoms with Gasteiger partial charge in [-0.3, -0.25) is 0 Å². The summed E-state index contributed by atoms with van der Waals surface area (Å²) in [4.78, 5) is 0. The number of hydrogen-bond acceptors (Lipinski definition) is 2. The Kier molecular flexibility index (Phi) is 4.53. The molecule has 20 heavy (non-hydrogen) atoms. The van der Waals surface area contributed by atoms with E-state index in [-0.39, 0.29) is 5.54 Å². The number of nitrogens with one attached hydrogen (secondary N) is 1. The summed E-state index contributed by atoms with van der Waals surface area (Å²) in [6, 6.07) is 8.18. The molecule has 108 valence electrons. The molecular formula is C18H25NO. The predicted molar refractivity (Wildman–Crippen MR) is 86.4 cm³/mol. The molecule has 1 aromatic rings. The van der Waals surface area contributed by atoms with Crippen LogP contribution in [0.15, 0.2) is 48.1 Å². The third kappa shape index (κ3) is 3.66. The van der Waals surface area contributed by atoms with Crippen molar-refractivity contribution in [1.82, 2.24) is 0 Å². The molecule has 0 radical (unpaired) electrons. The first-order valence-corrected chi connectivity index (χ1v) is 7.25. The molecule has 2 nitrogen and oxygen atoms in total. The normalized spacial score (nSPS) is 22.1. The average Bonchev–Trinajstić information content (AvgIpc) is 2.38. The maximum atomic E-state index is 5.21. The van der Waals surface area contributed by atoms with E-state index in [4.69, 9.17) is 4.74 Å². The van der Waals surface area contributed by atoms with Crippen molar-refractivity contribution in [3.8, 4) is 5.75 Å². The monoisotopic (exact) mass is 271 g/mol. The molecule has 1 aliphatic rings. The minimum atomic E-state index is 0.110. The number of allylic oxidation sites excluding steroid dienone is 1. The molecule has 0 aromatic heterocycles. The van der Waals surface area contributed by atoms with Gasteiger partial charge in [-0.05, 0) is 63.8 Å². The summed E-state index contributed by atoms with van der Waals surface area (Å²) in [5.74, 6) is 0.893. The van der Waals surface area contributed by atoms with Gasteiger partial charge in [-0.15, -0.1) is 6.58 Å². The lowest BCUT2D eigenvalue weighted by Crippen LogP contribution is -2.40. The van der Waals surface area contributed by atoms with Crippen LogP contribution in [-0.4, -0.2) is 12.6 Å². The van der Waals surface area contributed by atoms with Gasteiger partial charge in [-0.2, -0.15) is 0 Å². The van der Waals surface area contributed by atoms with E-state index < -0.39 is 0 Å². The Balaban J connectivity index is 2.18. The van der Waals surface area contributed by atoms with E-state index in [0.29, 0.717) is 0 Å². The molecular weight excluding hydrogens is 246 g/mol. The van der Waals surface area contributed by atoms with Crippen molar-refractivity contribution in [3.05, 3.63) is 48.1 Å². The van der Waals surface area contributed by atoms with Crippen LogP contribution in [0.4, 0.5) is 5.69 Å². The number of ether oxygens (including phenoxy) is 1. The molecule has 2 rings (SSSR count). The summed E-state index contributed by atoms with van der Waals surface area (Å²) >= 11 is 0. The van der Waals surface area contributed by atoms with Crippen molar-refractivity contribution < 1.29 is 4.74 Å². The second kappa shape index (κ2) is 6.17. The molecule has 0 amide bonds. The number of anilines is 1. The topological polar surface area (TPSA) is 21.3 Å². The molecule has 1 N–H and O–H groups in total. The molecule has 0 bridgehead atoms. The van der Waals surface area contributed by atoms with Gasteiger partial charge in [0, 0.05) is 11.2 Å². The maximum Gasteiger partial charge on any atom is 0.119 e. The lowest BCUT2D eigenvalue weighted by Gasteiger charge is -2.39. The molecule has 0 aliphatic heterocycles. The molecule has 0 spiro atoms. The Morgan fingerprint density at radius 3 is 2.60 bits per heavy atom. The highest BCUT2D eigenvalue weighted by Gasteiger charge is 2.31. The summed E-state index contributed by atoms with van der Waals surface area (Å²) in [6.07, 6.45) is 6.76. The lowest BCUT2D eigenvalue weighted by atomic mass is 9.77. The number of benzene rings is 1. The third-order valence-corrected chi connectivity index (χ3v) is 3.87. The molecule has 1 aliphatic carbocycles. The zero-order valence-electron chi connectivity index (χ0n) is 12.8. The number of hydrogen-bond donors (Lipinski definition) is 1. The van der Waals surface area contributed by atoms with Crippen molar-refractivity contribution in [1.29, 1.82) is 0 Å². The van der Waals surface area contributed by atoms with Gasteiger partial charge in [0.2, 0.25) is 0 Å². The first-order chi connectivity index (χ1) is 9.53. The zero-order valence-corrected chi connectivity index (χ0v) is 12.8. The second-order valence-corrected chi connectivity index (χ2v) is 6.03. The Bertz CT molecular complexity index is 501. The fraction of sp³-hybridized carbons (Fsp3) is 0.444. The van der Waals surface area contributed by atoms with Crippen LogP contribution in [0.2, 0.25) is 0 Å². The van der Waals surface area contributed by atoms with Crippen molar-refractivity contribution >= 4 is 5.69 Å². The van der Waals surface area contributed by atoms with Crippen molar-refractivity contribution in [2.45, 2.75) is 45.1 Å². The van der Waals surface area contributed by atoms with Gasteiger partial charge in [0.05, 0.1) is 7.11 Å². The first kappa shape index (κ1) is 14.7. The van der Waals surface area contributed by atoms with Gasteiger partial charge in [0.25, 0.3) is 0 Å². The van der Waals surface area contributed by atoms with Crippen molar-refractivity contribution in [2.75, 3.05) is 12.4 Å². The lowest BCUT2D eigenvalue weighted by molar-refractivity contribution is 0.408. The van der Waals surface area contributed by atoms with E-state index in [1.807, 2.05) is 12.1 Å². The highest BCUT2D eigenvalue weighted by atomic mass is 16.5. The van der Waals surface area contributed by atoms with Crippen LogP contribution in [0.1, 0.15) is 39.5 Å². The van der Waals surface area contributed by atoms with E-state index in [2.05, 4.69) is 44.0 Å². The molecule has 1 aromatic carbocycles.